The maximum atomic E-state index is 13.4. The van der Waals surface area contributed by atoms with Crippen LogP contribution in [-0.4, -0.2) is 44.4 Å². The van der Waals surface area contributed by atoms with Gasteiger partial charge in [-0.3, -0.25) is 9.78 Å². The van der Waals surface area contributed by atoms with E-state index in [9.17, 15) is 13.2 Å². The van der Waals surface area contributed by atoms with Crippen LogP contribution in [0.5, 0.6) is 11.5 Å². The number of sulfonamides is 1. The lowest BCUT2D eigenvalue weighted by Crippen LogP contribution is -2.38. The molecule has 1 aliphatic rings. The Labute approximate surface area is 211 Å². The average Bonchev–Trinajstić information content (AvgIpc) is 2.92. The maximum absolute atomic E-state index is 13.4. The number of carbonyl (C=O) groups excluding carboxylic acids is 1. The first kappa shape index (κ1) is 25.4. The van der Waals surface area contributed by atoms with Gasteiger partial charge in [-0.25, -0.2) is 8.42 Å². The number of carbonyl (C=O) groups is 1. The van der Waals surface area contributed by atoms with Gasteiger partial charge in [0, 0.05) is 30.7 Å². The average molecular weight is 508 g/mol. The van der Waals surface area contributed by atoms with E-state index in [1.807, 2.05) is 18.2 Å². The number of ether oxygens (including phenoxy) is 2. The molecule has 1 aliphatic heterocycles. The number of piperidine rings is 1. The number of hydrogen-bond acceptors (Lipinski definition) is 6. The first-order valence-corrected chi connectivity index (χ1v) is 13.1. The largest absolute Gasteiger partial charge is 0.493 e. The first-order valence-electron chi connectivity index (χ1n) is 11.7. The molecule has 9 heteroatoms. The van der Waals surface area contributed by atoms with Crippen LogP contribution in [0.4, 0.5) is 5.69 Å². The van der Waals surface area contributed by atoms with Crippen LogP contribution in [0, 0.1) is 0 Å². The highest BCUT2D eigenvalue weighted by Crippen LogP contribution is 2.35. The van der Waals surface area contributed by atoms with Crippen molar-refractivity contribution in [1.82, 2.24) is 9.29 Å². The summed E-state index contributed by atoms with van der Waals surface area (Å²) in [5, 5.41) is 2.76. The van der Waals surface area contributed by atoms with Gasteiger partial charge in [-0.1, -0.05) is 18.6 Å². The predicted octanol–water partition coefficient (Wildman–Crippen LogP) is 4.67. The fourth-order valence-corrected chi connectivity index (χ4v) is 5.94. The Morgan fingerprint density at radius 1 is 1.06 bits per heavy atom. The van der Waals surface area contributed by atoms with Crippen LogP contribution >= 0.6 is 0 Å². The van der Waals surface area contributed by atoms with E-state index in [1.165, 1.54) is 18.2 Å². The number of amides is 1. The molecule has 8 nitrogen and oxygen atoms in total. The predicted molar refractivity (Wildman–Crippen MR) is 138 cm³/mol. The van der Waals surface area contributed by atoms with Crippen LogP contribution in [0.15, 0.2) is 78.0 Å². The second-order valence-electron chi connectivity index (χ2n) is 8.38. The molecule has 1 N–H and O–H groups in total. The standard InChI is InChI=1S/C27H29N3O5S/c1-34-25-14-8-20(18-26(25)35-2)9-15-27(31)29-22-10-12-23(13-11-22)36(32,33)30-17-4-3-7-24(30)21-6-5-16-28-19-21/h5-6,8-16,18-19,24H,3-4,7,17H2,1-2H3,(H,29,31)/b15-9+. The summed E-state index contributed by atoms with van der Waals surface area (Å²) < 4.78 is 39.0. The highest BCUT2D eigenvalue weighted by molar-refractivity contribution is 7.89. The van der Waals surface area contributed by atoms with E-state index in [0.29, 0.717) is 23.7 Å². The molecule has 1 unspecified atom stereocenters. The molecule has 4 rings (SSSR count). The number of hydrogen-bond donors (Lipinski definition) is 1. The third kappa shape index (κ3) is 5.75. The van der Waals surface area contributed by atoms with E-state index in [-0.39, 0.29) is 16.8 Å². The van der Waals surface area contributed by atoms with Gasteiger partial charge < -0.3 is 14.8 Å². The van der Waals surface area contributed by atoms with Crippen LogP contribution < -0.4 is 14.8 Å². The quantitative estimate of drug-likeness (QED) is 0.445. The second-order valence-corrected chi connectivity index (χ2v) is 10.3. The summed E-state index contributed by atoms with van der Waals surface area (Å²) in [4.78, 5) is 16.8. The van der Waals surface area contributed by atoms with Crippen molar-refractivity contribution in [2.75, 3.05) is 26.1 Å². The van der Waals surface area contributed by atoms with Gasteiger partial charge in [-0.2, -0.15) is 4.31 Å². The summed E-state index contributed by atoms with van der Waals surface area (Å²) in [5.74, 6) is 0.829. The Morgan fingerprint density at radius 2 is 1.83 bits per heavy atom. The van der Waals surface area contributed by atoms with Crippen molar-refractivity contribution >= 4 is 27.7 Å². The zero-order chi connectivity index (χ0) is 25.5. The molecule has 188 valence electrons. The topological polar surface area (TPSA) is 97.8 Å². The van der Waals surface area contributed by atoms with E-state index in [4.69, 9.17) is 9.47 Å². The summed E-state index contributed by atoms with van der Waals surface area (Å²) in [6.07, 6.45) is 9.01. The van der Waals surface area contributed by atoms with Gasteiger partial charge in [-0.15, -0.1) is 0 Å². The van der Waals surface area contributed by atoms with Gasteiger partial charge >= 0.3 is 0 Å². The summed E-state index contributed by atoms with van der Waals surface area (Å²) >= 11 is 0. The van der Waals surface area contributed by atoms with Crippen LogP contribution in [0.25, 0.3) is 6.08 Å². The molecule has 1 atom stereocenters. The van der Waals surface area contributed by atoms with Crippen LogP contribution in [-0.2, 0) is 14.8 Å². The number of pyridine rings is 1. The lowest BCUT2D eigenvalue weighted by atomic mass is 9.99. The Bertz CT molecular complexity index is 1330. The van der Waals surface area contributed by atoms with Crippen molar-refractivity contribution in [1.29, 1.82) is 0 Å². The number of aromatic nitrogens is 1. The zero-order valence-corrected chi connectivity index (χ0v) is 21.1. The van der Waals surface area contributed by atoms with Gasteiger partial charge in [0.1, 0.15) is 0 Å². The Balaban J connectivity index is 1.44. The highest BCUT2D eigenvalue weighted by Gasteiger charge is 2.34. The zero-order valence-electron chi connectivity index (χ0n) is 20.3. The molecule has 0 bridgehead atoms. The number of nitrogens with one attached hydrogen (secondary N) is 1. The molecule has 36 heavy (non-hydrogen) atoms. The van der Waals surface area contributed by atoms with Gasteiger partial charge in [-0.05, 0) is 72.5 Å². The summed E-state index contributed by atoms with van der Waals surface area (Å²) in [6, 6.07) is 15.1. The van der Waals surface area contributed by atoms with E-state index in [0.717, 1.165) is 30.4 Å². The SMILES string of the molecule is COc1ccc(/C=C/C(=O)Nc2ccc(S(=O)(=O)N3CCCCC3c3cccnc3)cc2)cc1OC. The molecule has 0 radical (unpaired) electrons. The fraction of sp³-hybridized carbons (Fsp3) is 0.259. The third-order valence-electron chi connectivity index (χ3n) is 6.09. The van der Waals surface area contributed by atoms with Crippen LogP contribution in [0.3, 0.4) is 0 Å². The van der Waals surface area contributed by atoms with E-state index >= 15 is 0 Å². The lowest BCUT2D eigenvalue weighted by Gasteiger charge is -2.34. The fourth-order valence-electron chi connectivity index (χ4n) is 4.26. The summed E-state index contributed by atoms with van der Waals surface area (Å²) in [7, 11) is -0.600. The third-order valence-corrected chi connectivity index (χ3v) is 8.01. The molecule has 2 heterocycles. The lowest BCUT2D eigenvalue weighted by molar-refractivity contribution is -0.111. The molecular weight excluding hydrogens is 478 g/mol. The molecular formula is C27H29N3O5S. The molecule has 1 saturated heterocycles. The highest BCUT2D eigenvalue weighted by atomic mass is 32.2. The Hall–Kier alpha value is -3.69. The molecule has 3 aromatic rings. The number of nitrogens with zero attached hydrogens (tertiary/aromatic N) is 2. The smallest absolute Gasteiger partial charge is 0.248 e. The van der Waals surface area contributed by atoms with Crippen molar-refractivity contribution in [2.24, 2.45) is 0 Å². The van der Waals surface area contributed by atoms with Crippen molar-refractivity contribution in [2.45, 2.75) is 30.2 Å². The van der Waals surface area contributed by atoms with E-state index < -0.39 is 10.0 Å². The molecule has 1 aromatic heterocycles. The normalized spacial score (nSPS) is 16.6. The number of methoxy groups -OCH3 is 2. The van der Waals surface area contributed by atoms with Gasteiger partial charge in [0.2, 0.25) is 15.9 Å². The summed E-state index contributed by atoms with van der Waals surface area (Å²) in [6.45, 7) is 0.460. The number of rotatable bonds is 8. The molecule has 0 aliphatic carbocycles. The minimum absolute atomic E-state index is 0.192. The van der Waals surface area contributed by atoms with E-state index in [2.05, 4.69) is 10.3 Å². The van der Waals surface area contributed by atoms with Crippen molar-refractivity contribution in [3.05, 3.63) is 84.2 Å². The number of benzene rings is 2. The minimum atomic E-state index is -3.71. The monoisotopic (exact) mass is 507 g/mol. The molecule has 2 aromatic carbocycles. The molecule has 1 fully saturated rings. The van der Waals surface area contributed by atoms with Crippen LogP contribution in [0.1, 0.15) is 36.4 Å². The second kappa shape index (κ2) is 11.4. The van der Waals surface area contributed by atoms with Gasteiger partial charge in [0.15, 0.2) is 11.5 Å². The minimum Gasteiger partial charge on any atom is -0.493 e. The Morgan fingerprint density at radius 3 is 2.53 bits per heavy atom. The van der Waals surface area contributed by atoms with E-state index in [1.54, 1.807) is 61.3 Å². The maximum Gasteiger partial charge on any atom is 0.248 e. The molecule has 0 saturated carbocycles. The first-order chi connectivity index (χ1) is 17.4. The summed E-state index contributed by atoms with van der Waals surface area (Å²) in [5.41, 5.74) is 2.17. The van der Waals surface area contributed by atoms with Crippen molar-refractivity contribution in [3.8, 4) is 11.5 Å². The molecule has 1 amide bonds. The van der Waals surface area contributed by atoms with Gasteiger partial charge in [0.25, 0.3) is 0 Å². The van der Waals surface area contributed by atoms with Crippen LogP contribution in [0.2, 0.25) is 0 Å². The number of anilines is 1. The van der Waals surface area contributed by atoms with Crippen molar-refractivity contribution < 1.29 is 22.7 Å². The molecule has 0 spiro atoms. The Kier molecular flexibility index (Phi) is 8.02. The van der Waals surface area contributed by atoms with Crippen molar-refractivity contribution in [3.63, 3.8) is 0 Å². The van der Waals surface area contributed by atoms with Gasteiger partial charge in [0.05, 0.1) is 25.2 Å².